The molecule has 1 aromatic heterocycles. The first-order valence-corrected chi connectivity index (χ1v) is 6.12. The minimum atomic E-state index is -0.617. The van der Waals surface area contributed by atoms with Crippen molar-refractivity contribution in [1.82, 2.24) is 4.98 Å². The molecule has 1 amide bonds. The molecule has 0 radical (unpaired) electrons. The van der Waals surface area contributed by atoms with Crippen LogP contribution in [0.5, 0.6) is 0 Å². The molecule has 1 aromatic carbocycles. The number of nitrogens with zero attached hydrogens (tertiary/aromatic N) is 1. The van der Waals surface area contributed by atoms with E-state index in [-0.39, 0.29) is 11.4 Å². The molecule has 18 heavy (non-hydrogen) atoms. The molecule has 2 aromatic rings. The third kappa shape index (κ3) is 2.68. The lowest BCUT2D eigenvalue weighted by atomic mass is 10.2. The second kappa shape index (κ2) is 5.46. The van der Waals surface area contributed by atoms with E-state index in [1.807, 2.05) is 0 Å². The van der Waals surface area contributed by atoms with Crippen molar-refractivity contribution in [2.75, 3.05) is 5.32 Å². The number of amides is 1. The van der Waals surface area contributed by atoms with Crippen molar-refractivity contribution in [1.29, 1.82) is 0 Å². The summed E-state index contributed by atoms with van der Waals surface area (Å²) in [7, 11) is 0. The maximum absolute atomic E-state index is 13.6. The van der Waals surface area contributed by atoms with E-state index in [4.69, 9.17) is 11.6 Å². The maximum Gasteiger partial charge on any atom is 0.260 e. The number of rotatable bonds is 2. The van der Waals surface area contributed by atoms with Crippen molar-refractivity contribution in [2.24, 2.45) is 0 Å². The van der Waals surface area contributed by atoms with Gasteiger partial charge in [0.1, 0.15) is 5.82 Å². The number of halogens is 3. The molecule has 92 valence electrons. The van der Waals surface area contributed by atoms with Gasteiger partial charge in [0, 0.05) is 10.7 Å². The molecule has 0 aliphatic rings. The fourth-order valence-corrected chi connectivity index (χ4v) is 2.05. The van der Waals surface area contributed by atoms with E-state index >= 15 is 0 Å². The highest BCUT2D eigenvalue weighted by molar-refractivity contribution is 9.10. The molecular formula is C12H7BrClFN2O. The lowest BCUT2D eigenvalue weighted by molar-refractivity contribution is 0.102. The Hall–Kier alpha value is -1.46. The van der Waals surface area contributed by atoms with E-state index in [1.165, 1.54) is 18.3 Å². The number of aromatic nitrogens is 1. The van der Waals surface area contributed by atoms with Gasteiger partial charge in [0.05, 0.1) is 10.6 Å². The van der Waals surface area contributed by atoms with Crippen LogP contribution >= 0.6 is 27.5 Å². The molecule has 0 unspecified atom stereocenters. The Bertz CT molecular complexity index is 586. The Balaban J connectivity index is 2.31. The first-order chi connectivity index (χ1) is 8.59. The average Bonchev–Trinajstić information content (AvgIpc) is 2.32. The molecule has 0 saturated heterocycles. The molecule has 3 nitrogen and oxygen atoms in total. The van der Waals surface area contributed by atoms with Crippen LogP contribution in [0.2, 0.25) is 5.02 Å². The van der Waals surface area contributed by atoms with Gasteiger partial charge in [-0.05, 0) is 40.2 Å². The Morgan fingerprint density at radius 1 is 1.33 bits per heavy atom. The van der Waals surface area contributed by atoms with Gasteiger partial charge in [0.2, 0.25) is 0 Å². The van der Waals surface area contributed by atoms with Gasteiger partial charge < -0.3 is 5.32 Å². The largest absolute Gasteiger partial charge is 0.305 e. The maximum atomic E-state index is 13.6. The van der Waals surface area contributed by atoms with Crippen molar-refractivity contribution >= 4 is 39.3 Å². The van der Waals surface area contributed by atoms with Crippen molar-refractivity contribution < 1.29 is 9.18 Å². The first-order valence-electron chi connectivity index (χ1n) is 4.95. The van der Waals surface area contributed by atoms with Crippen LogP contribution in [0, 0.1) is 5.82 Å². The number of anilines is 1. The van der Waals surface area contributed by atoms with Crippen LogP contribution in [0.1, 0.15) is 10.4 Å². The summed E-state index contributed by atoms with van der Waals surface area (Å²) in [5.41, 5.74) is -0.0841. The number of pyridine rings is 1. The first kappa shape index (κ1) is 13.0. The van der Waals surface area contributed by atoms with Gasteiger partial charge in [0.25, 0.3) is 5.91 Å². The normalized spacial score (nSPS) is 10.2. The van der Waals surface area contributed by atoms with E-state index in [1.54, 1.807) is 18.2 Å². The zero-order valence-electron chi connectivity index (χ0n) is 8.95. The van der Waals surface area contributed by atoms with Crippen molar-refractivity contribution in [2.45, 2.75) is 0 Å². The van der Waals surface area contributed by atoms with Gasteiger partial charge in [-0.25, -0.2) is 9.37 Å². The minimum Gasteiger partial charge on any atom is -0.305 e. The minimum absolute atomic E-state index is 0.0841. The highest BCUT2D eigenvalue weighted by Gasteiger charge is 2.16. The molecule has 0 atom stereocenters. The Labute approximate surface area is 116 Å². The Kier molecular flexibility index (Phi) is 3.93. The van der Waals surface area contributed by atoms with E-state index in [9.17, 15) is 9.18 Å². The summed E-state index contributed by atoms with van der Waals surface area (Å²) >= 11 is 8.98. The number of carbonyl (C=O) groups is 1. The third-order valence-corrected chi connectivity index (χ3v) is 3.15. The fraction of sp³-hybridized carbons (Fsp3) is 0. The summed E-state index contributed by atoms with van der Waals surface area (Å²) in [6.45, 7) is 0. The summed E-state index contributed by atoms with van der Waals surface area (Å²) < 4.78 is 13.9. The molecule has 0 fully saturated rings. The van der Waals surface area contributed by atoms with Gasteiger partial charge in [-0.3, -0.25) is 4.79 Å². The number of hydrogen-bond acceptors (Lipinski definition) is 2. The molecule has 0 aliphatic carbocycles. The fourth-order valence-electron chi connectivity index (χ4n) is 1.36. The van der Waals surface area contributed by atoms with Gasteiger partial charge >= 0.3 is 0 Å². The smallest absolute Gasteiger partial charge is 0.260 e. The number of carbonyl (C=O) groups excluding carboxylic acids is 1. The Morgan fingerprint density at radius 2 is 2.11 bits per heavy atom. The van der Waals surface area contributed by atoms with Crippen molar-refractivity contribution in [3.63, 3.8) is 0 Å². The van der Waals surface area contributed by atoms with E-state index in [0.29, 0.717) is 9.50 Å². The number of nitrogens with one attached hydrogen (secondary N) is 1. The molecule has 0 aliphatic heterocycles. The van der Waals surface area contributed by atoms with Crippen LogP contribution in [0.3, 0.4) is 0 Å². The molecule has 6 heteroatoms. The summed E-state index contributed by atoms with van der Waals surface area (Å²) in [6, 6.07) is 7.51. The number of benzene rings is 1. The molecule has 0 bridgehead atoms. The van der Waals surface area contributed by atoms with Crippen LogP contribution in [-0.2, 0) is 0 Å². The standard InChI is InChI=1S/C12H7BrClFN2O/c13-7-3-1-5-9(15)10(7)12(18)17-11-8(14)4-2-6-16-11/h1-6H,(H,16,17,18). The molecule has 0 saturated carbocycles. The zero-order valence-corrected chi connectivity index (χ0v) is 11.3. The quantitative estimate of drug-likeness (QED) is 0.908. The van der Waals surface area contributed by atoms with Crippen LogP contribution < -0.4 is 5.32 Å². The number of hydrogen-bond donors (Lipinski definition) is 1. The molecule has 1 heterocycles. The lowest BCUT2D eigenvalue weighted by Gasteiger charge is -2.08. The van der Waals surface area contributed by atoms with E-state index < -0.39 is 11.7 Å². The Morgan fingerprint density at radius 3 is 2.78 bits per heavy atom. The highest BCUT2D eigenvalue weighted by atomic mass is 79.9. The summed E-state index contributed by atoms with van der Waals surface area (Å²) in [5.74, 6) is -1.03. The summed E-state index contributed by atoms with van der Waals surface area (Å²) in [5, 5.41) is 2.75. The zero-order chi connectivity index (χ0) is 13.1. The van der Waals surface area contributed by atoms with Gasteiger partial charge in [-0.1, -0.05) is 17.7 Å². The van der Waals surface area contributed by atoms with Crippen LogP contribution in [0.25, 0.3) is 0 Å². The second-order valence-electron chi connectivity index (χ2n) is 3.38. The SMILES string of the molecule is O=C(Nc1ncccc1Cl)c1c(F)cccc1Br. The van der Waals surface area contributed by atoms with Gasteiger partial charge in [0.15, 0.2) is 5.82 Å². The topological polar surface area (TPSA) is 42.0 Å². The van der Waals surface area contributed by atoms with Crippen LogP contribution in [0.15, 0.2) is 41.0 Å². The predicted octanol–water partition coefficient (Wildman–Crippen LogP) is 3.89. The lowest BCUT2D eigenvalue weighted by Crippen LogP contribution is -2.15. The molecule has 0 spiro atoms. The average molecular weight is 330 g/mol. The van der Waals surface area contributed by atoms with Crippen LogP contribution in [-0.4, -0.2) is 10.9 Å². The van der Waals surface area contributed by atoms with E-state index in [2.05, 4.69) is 26.2 Å². The molecular weight excluding hydrogens is 322 g/mol. The van der Waals surface area contributed by atoms with E-state index in [0.717, 1.165) is 0 Å². The monoisotopic (exact) mass is 328 g/mol. The van der Waals surface area contributed by atoms with Gasteiger partial charge in [-0.15, -0.1) is 0 Å². The summed E-state index contributed by atoms with van der Waals surface area (Å²) in [4.78, 5) is 15.8. The van der Waals surface area contributed by atoms with Crippen molar-refractivity contribution in [3.8, 4) is 0 Å². The second-order valence-corrected chi connectivity index (χ2v) is 4.65. The molecule has 2 rings (SSSR count). The van der Waals surface area contributed by atoms with Crippen LogP contribution in [0.4, 0.5) is 10.2 Å². The molecule has 1 N–H and O–H groups in total. The third-order valence-electron chi connectivity index (χ3n) is 2.18. The van der Waals surface area contributed by atoms with Gasteiger partial charge in [-0.2, -0.15) is 0 Å². The highest BCUT2D eigenvalue weighted by Crippen LogP contribution is 2.23. The predicted molar refractivity (Wildman–Crippen MR) is 71.3 cm³/mol. The van der Waals surface area contributed by atoms with Crippen molar-refractivity contribution in [3.05, 3.63) is 57.4 Å². The summed E-state index contributed by atoms with van der Waals surface area (Å²) in [6.07, 6.45) is 1.48.